The predicted octanol–water partition coefficient (Wildman–Crippen LogP) is 1.74. The van der Waals surface area contributed by atoms with Crippen LogP contribution in [0.15, 0.2) is 0 Å². The van der Waals surface area contributed by atoms with Crippen LogP contribution >= 0.6 is 17.4 Å². The minimum Gasteiger partial charge on any atom is -0.310 e. The van der Waals surface area contributed by atoms with Crippen LogP contribution in [0.1, 0.15) is 20.3 Å². The summed E-state index contributed by atoms with van der Waals surface area (Å²) in [6.07, 6.45) is 1.27. The zero-order valence-electron chi connectivity index (χ0n) is 6.47. The Bertz CT molecular complexity index is 74.5. The molecule has 0 aromatic heterocycles. The molecule has 1 unspecified atom stereocenters. The van der Waals surface area contributed by atoms with Crippen LogP contribution in [0, 0.1) is 0 Å². The van der Waals surface area contributed by atoms with Gasteiger partial charge in [-0.1, -0.05) is 0 Å². The van der Waals surface area contributed by atoms with Gasteiger partial charge < -0.3 is 9.79 Å². The molecule has 0 rings (SSSR count). The maximum atomic E-state index is 8.46. The zero-order chi connectivity index (χ0) is 9.70. The summed E-state index contributed by atoms with van der Waals surface area (Å²) < 4.78 is 17.7. The number of rotatable bonds is 1. The molecule has 62 valence electrons. The van der Waals surface area contributed by atoms with E-state index in [9.17, 15) is 0 Å². The van der Waals surface area contributed by atoms with Gasteiger partial charge in [-0.05, 0) is 0 Å². The normalized spacial score (nSPS) is 10.7. The van der Waals surface area contributed by atoms with E-state index in [1.165, 1.54) is 6.42 Å². The molecule has 0 aliphatic carbocycles. The summed E-state index contributed by atoms with van der Waals surface area (Å²) in [6, 6.07) is 0. The summed E-state index contributed by atoms with van der Waals surface area (Å²) in [7, 11) is -1.67. The van der Waals surface area contributed by atoms with E-state index >= 15 is 0 Å². The van der Waals surface area contributed by atoms with E-state index in [2.05, 4.69) is 30.1 Å². The number of hydrogen-bond acceptors (Lipinski definition) is 2. The third-order valence-corrected chi connectivity index (χ3v) is 1.12. The molecule has 0 radical (unpaired) electrons. The van der Waals surface area contributed by atoms with Gasteiger partial charge in [-0.25, -0.2) is 9.13 Å². The summed E-state index contributed by atoms with van der Waals surface area (Å²) >= 11 is 2.73. The van der Waals surface area contributed by atoms with E-state index in [4.69, 9.17) is 18.9 Å². The van der Waals surface area contributed by atoms with Crippen LogP contribution < -0.4 is 0 Å². The Hall–Kier alpha value is 0.652. The zero-order valence-corrected chi connectivity index (χ0v) is 9.41. The van der Waals surface area contributed by atoms with Crippen LogP contribution in [0.4, 0.5) is 0 Å². The molecule has 0 saturated carbocycles. The van der Waals surface area contributed by atoms with Gasteiger partial charge in [0.25, 0.3) is 0 Å². The molecule has 0 aliphatic heterocycles. The molecular formula is C4H11AlO4P2+2. The summed E-state index contributed by atoms with van der Waals surface area (Å²) in [5.41, 5.74) is 0. The van der Waals surface area contributed by atoms with Gasteiger partial charge in [0.2, 0.25) is 0 Å². The largest absolute Gasteiger partial charge is 0.324 e. The van der Waals surface area contributed by atoms with E-state index in [1.54, 1.807) is 0 Å². The standard InChI is InChI=1S/C4H9.Al.2HO2P/c1-3-4-2;;2*1-3-2/h3H,4H2,1-2H3;;2*(H,1,2)/q;+2;;. The minimum absolute atomic E-state index is 0.801. The van der Waals surface area contributed by atoms with Gasteiger partial charge in [0.15, 0.2) is 0 Å². The summed E-state index contributed by atoms with van der Waals surface area (Å²) in [6.45, 7) is 4.36. The van der Waals surface area contributed by atoms with Gasteiger partial charge in [-0.3, -0.25) is 0 Å². The molecule has 0 fully saturated rings. The summed E-state index contributed by atoms with van der Waals surface area (Å²) in [5.74, 6) is 0. The first-order chi connectivity index (χ1) is 5.10. The van der Waals surface area contributed by atoms with Crippen LogP contribution in [-0.4, -0.2) is 26.1 Å². The first-order valence-corrected chi connectivity index (χ1v) is 4.99. The maximum Gasteiger partial charge on any atom is 0.324 e. The molecule has 4 nitrogen and oxygen atoms in total. The first-order valence-electron chi connectivity index (χ1n) is 2.79. The Labute approximate surface area is 78.0 Å². The van der Waals surface area contributed by atoms with Gasteiger partial charge in [0.1, 0.15) is 0 Å². The van der Waals surface area contributed by atoms with E-state index in [-0.39, 0.29) is 0 Å². The van der Waals surface area contributed by atoms with Crippen LogP contribution in [0.2, 0.25) is 4.78 Å². The molecule has 1 atom stereocenters. The van der Waals surface area contributed by atoms with Crippen molar-refractivity contribution in [1.82, 2.24) is 0 Å². The fraction of sp³-hybridized carbons (Fsp3) is 1.00. The van der Waals surface area contributed by atoms with Crippen molar-refractivity contribution in [2.45, 2.75) is 25.0 Å². The topological polar surface area (TPSA) is 74.6 Å². The van der Waals surface area contributed by atoms with Gasteiger partial charge >= 0.3 is 58.7 Å². The second kappa shape index (κ2) is 22.4. The number of hydrogen-bond donors (Lipinski definition) is 2. The second-order valence-corrected chi connectivity index (χ2v) is 3.01. The Balaban J connectivity index is -0.0000000933. The van der Waals surface area contributed by atoms with Crippen LogP contribution in [0.3, 0.4) is 0 Å². The van der Waals surface area contributed by atoms with Crippen molar-refractivity contribution >= 4 is 33.7 Å². The second-order valence-electron chi connectivity index (χ2n) is 1.55. The molecule has 0 spiro atoms. The van der Waals surface area contributed by atoms with Crippen molar-refractivity contribution in [2.75, 3.05) is 0 Å². The van der Waals surface area contributed by atoms with E-state index in [0.717, 1.165) is 4.78 Å². The van der Waals surface area contributed by atoms with Gasteiger partial charge in [-0.15, -0.1) is 0 Å². The predicted molar refractivity (Wildman–Crippen MR) is 45.1 cm³/mol. The Morgan fingerprint density at radius 1 is 1.36 bits per heavy atom. The molecule has 0 aromatic rings. The minimum atomic E-state index is -0.833. The van der Waals surface area contributed by atoms with Gasteiger partial charge in [-0.2, -0.15) is 0 Å². The van der Waals surface area contributed by atoms with Crippen molar-refractivity contribution in [3.05, 3.63) is 0 Å². The Morgan fingerprint density at radius 3 is 1.45 bits per heavy atom. The maximum absolute atomic E-state index is 8.46. The van der Waals surface area contributed by atoms with Crippen LogP contribution in [0.25, 0.3) is 0 Å². The Morgan fingerprint density at radius 2 is 1.45 bits per heavy atom. The van der Waals surface area contributed by atoms with Gasteiger partial charge in [0, 0.05) is 0 Å². The molecule has 7 heteroatoms. The van der Waals surface area contributed by atoms with Crippen molar-refractivity contribution < 1.29 is 18.9 Å². The van der Waals surface area contributed by atoms with Crippen molar-refractivity contribution in [3.63, 3.8) is 0 Å². The molecule has 0 saturated heterocycles. The molecule has 0 aromatic carbocycles. The van der Waals surface area contributed by atoms with E-state index in [1.807, 2.05) is 0 Å². The monoisotopic (exact) mass is 212 g/mol. The fourth-order valence-electron chi connectivity index (χ4n) is 0. The molecular weight excluding hydrogens is 201 g/mol. The average molecular weight is 212 g/mol. The molecule has 0 heterocycles. The van der Waals surface area contributed by atoms with Crippen molar-refractivity contribution in [1.29, 1.82) is 0 Å². The van der Waals surface area contributed by atoms with Crippen LogP contribution in [0.5, 0.6) is 0 Å². The summed E-state index contributed by atoms with van der Waals surface area (Å²) in [4.78, 5) is 14.0. The molecule has 0 aliphatic rings. The molecule has 0 amide bonds. The van der Waals surface area contributed by atoms with E-state index < -0.39 is 17.4 Å². The van der Waals surface area contributed by atoms with Crippen LogP contribution in [-0.2, 0) is 9.13 Å². The Kier molecular flexibility index (Phi) is 36.0. The third-order valence-electron chi connectivity index (χ3n) is 0.644. The smallest absolute Gasteiger partial charge is 0.310 e. The van der Waals surface area contributed by atoms with Crippen molar-refractivity contribution in [2.24, 2.45) is 0 Å². The quantitative estimate of drug-likeness (QED) is 0.512. The van der Waals surface area contributed by atoms with Gasteiger partial charge in [0.05, 0.1) is 0 Å². The first kappa shape index (κ1) is 17.7. The van der Waals surface area contributed by atoms with Crippen molar-refractivity contribution in [3.8, 4) is 0 Å². The fourth-order valence-corrected chi connectivity index (χ4v) is 0. The SMILES string of the molecule is CC[CH](C)[Al+2].O=PO.O=PO. The third kappa shape index (κ3) is 113. The molecule has 0 bridgehead atoms. The van der Waals surface area contributed by atoms with E-state index in [0.29, 0.717) is 0 Å². The molecule has 11 heavy (non-hydrogen) atoms. The summed E-state index contributed by atoms with van der Waals surface area (Å²) in [5, 5.41) is 0. The average Bonchev–Trinajstić information content (AvgIpc) is 1.91. The molecule has 2 N–H and O–H groups in total.